The van der Waals surface area contributed by atoms with Crippen molar-refractivity contribution < 1.29 is 4.79 Å². The van der Waals surface area contributed by atoms with Crippen LogP contribution in [0.3, 0.4) is 0 Å². The molecule has 1 amide bonds. The van der Waals surface area contributed by atoms with Crippen molar-refractivity contribution in [2.24, 2.45) is 0 Å². The zero-order valence-electron chi connectivity index (χ0n) is 14.8. The van der Waals surface area contributed by atoms with E-state index in [1.807, 2.05) is 51.1 Å². The lowest BCUT2D eigenvalue weighted by Gasteiger charge is -2.10. The highest BCUT2D eigenvalue weighted by molar-refractivity contribution is 6.31. The summed E-state index contributed by atoms with van der Waals surface area (Å²) in [5, 5.41) is 6.63. The van der Waals surface area contributed by atoms with Crippen LogP contribution in [-0.4, -0.2) is 15.9 Å². The second kappa shape index (κ2) is 7.54. The van der Waals surface area contributed by atoms with Gasteiger partial charge in [0.1, 0.15) is 0 Å². The van der Waals surface area contributed by atoms with E-state index in [1.54, 1.807) is 6.07 Å². The first-order chi connectivity index (χ1) is 12.4. The normalized spacial score (nSPS) is 10.5. The molecule has 0 aliphatic heterocycles. The Labute approximate surface area is 157 Å². The van der Waals surface area contributed by atoms with Gasteiger partial charge in [-0.2, -0.15) is 0 Å². The number of halogens is 1. The Kier molecular flexibility index (Phi) is 5.19. The van der Waals surface area contributed by atoms with Crippen LogP contribution >= 0.6 is 11.6 Å². The van der Waals surface area contributed by atoms with Crippen LogP contribution in [0, 0.1) is 20.8 Å². The van der Waals surface area contributed by atoms with Crippen molar-refractivity contribution >= 4 is 34.8 Å². The number of carbonyl (C=O) groups excluding carboxylic acids is 1. The fourth-order valence-corrected chi connectivity index (χ4v) is 2.56. The van der Waals surface area contributed by atoms with Crippen molar-refractivity contribution in [1.82, 2.24) is 9.97 Å². The molecule has 2 aromatic carbocycles. The molecule has 1 aromatic heterocycles. The maximum atomic E-state index is 12.4. The average Bonchev–Trinajstić information content (AvgIpc) is 2.62. The van der Waals surface area contributed by atoms with E-state index in [2.05, 4.69) is 20.6 Å². The van der Waals surface area contributed by atoms with Gasteiger partial charge in [0.2, 0.25) is 5.95 Å². The quantitative estimate of drug-likeness (QED) is 0.678. The first-order valence-electron chi connectivity index (χ1n) is 8.16. The van der Waals surface area contributed by atoms with Crippen molar-refractivity contribution in [3.63, 3.8) is 0 Å². The van der Waals surface area contributed by atoms with Crippen LogP contribution in [-0.2, 0) is 0 Å². The second-order valence-corrected chi connectivity index (χ2v) is 6.56. The largest absolute Gasteiger partial charge is 0.324 e. The minimum absolute atomic E-state index is 0.247. The summed E-state index contributed by atoms with van der Waals surface area (Å²) in [5.41, 5.74) is 5.03. The maximum Gasteiger partial charge on any atom is 0.258 e. The van der Waals surface area contributed by atoms with E-state index in [4.69, 9.17) is 11.6 Å². The summed E-state index contributed by atoms with van der Waals surface area (Å²) >= 11 is 6.11. The molecule has 26 heavy (non-hydrogen) atoms. The number of anilines is 3. The number of rotatable bonds is 4. The van der Waals surface area contributed by atoms with Gasteiger partial charge in [-0.15, -0.1) is 0 Å². The van der Waals surface area contributed by atoms with Gasteiger partial charge in [0, 0.05) is 28.8 Å². The van der Waals surface area contributed by atoms with Crippen LogP contribution in [0.25, 0.3) is 0 Å². The molecule has 0 spiro atoms. The summed E-state index contributed by atoms with van der Waals surface area (Å²) in [6, 6.07) is 11.5. The Morgan fingerprint density at radius 3 is 2.35 bits per heavy atom. The Hall–Kier alpha value is -2.92. The molecule has 0 saturated heterocycles. The van der Waals surface area contributed by atoms with Crippen molar-refractivity contribution in [3.8, 4) is 0 Å². The standard InChI is InChI=1S/C20H19ClN4O/c1-12-4-5-14(3)18(8-12)25-19(26)15-10-22-20(23-11-15)24-16-7-6-13(2)17(21)9-16/h4-11H,1-3H3,(H,25,26)(H,22,23,24). The molecule has 6 heteroatoms. The highest BCUT2D eigenvalue weighted by Crippen LogP contribution is 2.22. The van der Waals surface area contributed by atoms with E-state index in [-0.39, 0.29) is 5.91 Å². The predicted octanol–water partition coefficient (Wildman–Crippen LogP) is 5.05. The Morgan fingerprint density at radius 1 is 0.962 bits per heavy atom. The minimum Gasteiger partial charge on any atom is -0.324 e. The molecule has 132 valence electrons. The molecule has 0 aliphatic carbocycles. The molecule has 0 aliphatic rings. The van der Waals surface area contributed by atoms with Crippen molar-refractivity contribution in [3.05, 3.63) is 76.1 Å². The highest BCUT2D eigenvalue weighted by atomic mass is 35.5. The van der Waals surface area contributed by atoms with E-state index in [9.17, 15) is 4.79 Å². The average molecular weight is 367 g/mol. The molecule has 0 atom stereocenters. The lowest BCUT2D eigenvalue weighted by atomic mass is 10.1. The molecule has 1 heterocycles. The predicted molar refractivity (Wildman–Crippen MR) is 105 cm³/mol. The number of hydrogen-bond donors (Lipinski definition) is 2. The third-order valence-electron chi connectivity index (χ3n) is 3.98. The topological polar surface area (TPSA) is 66.9 Å². The van der Waals surface area contributed by atoms with Crippen molar-refractivity contribution in [1.29, 1.82) is 0 Å². The van der Waals surface area contributed by atoms with Gasteiger partial charge in [0.25, 0.3) is 5.91 Å². The van der Waals surface area contributed by atoms with Gasteiger partial charge in [0.05, 0.1) is 5.56 Å². The Morgan fingerprint density at radius 2 is 1.65 bits per heavy atom. The zero-order valence-corrected chi connectivity index (χ0v) is 15.6. The van der Waals surface area contributed by atoms with Gasteiger partial charge in [-0.3, -0.25) is 4.79 Å². The molecule has 0 unspecified atom stereocenters. The first kappa shape index (κ1) is 17.9. The van der Waals surface area contributed by atoms with Gasteiger partial charge in [-0.05, 0) is 55.7 Å². The van der Waals surface area contributed by atoms with Gasteiger partial charge in [-0.1, -0.05) is 29.8 Å². The summed E-state index contributed by atoms with van der Waals surface area (Å²) in [5.74, 6) is 0.150. The number of nitrogens with zero attached hydrogens (tertiary/aromatic N) is 2. The number of amides is 1. The van der Waals surface area contributed by atoms with E-state index < -0.39 is 0 Å². The molecule has 2 N–H and O–H groups in total. The third kappa shape index (κ3) is 4.18. The SMILES string of the molecule is Cc1ccc(C)c(NC(=O)c2cnc(Nc3ccc(C)c(Cl)c3)nc2)c1. The van der Waals surface area contributed by atoms with E-state index in [1.165, 1.54) is 12.4 Å². The number of nitrogens with one attached hydrogen (secondary N) is 2. The summed E-state index contributed by atoms with van der Waals surface area (Å²) in [6.07, 6.45) is 2.98. The van der Waals surface area contributed by atoms with Gasteiger partial charge in [-0.25, -0.2) is 9.97 Å². The Bertz CT molecular complexity index is 955. The molecule has 0 fully saturated rings. The van der Waals surface area contributed by atoms with E-state index in [0.717, 1.165) is 28.1 Å². The number of benzene rings is 2. The van der Waals surface area contributed by atoms with Crippen LogP contribution in [0.5, 0.6) is 0 Å². The fraction of sp³-hybridized carbons (Fsp3) is 0.150. The summed E-state index contributed by atoms with van der Waals surface area (Å²) < 4.78 is 0. The number of aromatic nitrogens is 2. The molecule has 0 radical (unpaired) electrons. The van der Waals surface area contributed by atoms with Gasteiger partial charge < -0.3 is 10.6 Å². The summed E-state index contributed by atoms with van der Waals surface area (Å²) in [6.45, 7) is 5.87. The van der Waals surface area contributed by atoms with Crippen LogP contribution < -0.4 is 10.6 Å². The maximum absolute atomic E-state index is 12.4. The number of aryl methyl sites for hydroxylation is 3. The monoisotopic (exact) mass is 366 g/mol. The minimum atomic E-state index is -0.247. The smallest absolute Gasteiger partial charge is 0.258 e. The summed E-state index contributed by atoms with van der Waals surface area (Å²) in [7, 11) is 0. The molecule has 3 aromatic rings. The van der Waals surface area contributed by atoms with E-state index in [0.29, 0.717) is 16.5 Å². The number of hydrogen-bond acceptors (Lipinski definition) is 4. The first-order valence-corrected chi connectivity index (χ1v) is 8.54. The lowest BCUT2D eigenvalue weighted by molar-refractivity contribution is 0.102. The lowest BCUT2D eigenvalue weighted by Crippen LogP contribution is -2.14. The van der Waals surface area contributed by atoms with E-state index >= 15 is 0 Å². The Balaban J connectivity index is 1.71. The summed E-state index contributed by atoms with van der Waals surface area (Å²) in [4.78, 5) is 20.8. The van der Waals surface area contributed by atoms with Gasteiger partial charge in [0.15, 0.2) is 0 Å². The fourth-order valence-electron chi connectivity index (χ4n) is 2.37. The highest BCUT2D eigenvalue weighted by Gasteiger charge is 2.10. The van der Waals surface area contributed by atoms with Crippen molar-refractivity contribution in [2.45, 2.75) is 20.8 Å². The molecule has 0 saturated carbocycles. The third-order valence-corrected chi connectivity index (χ3v) is 4.39. The molecular weight excluding hydrogens is 348 g/mol. The zero-order chi connectivity index (χ0) is 18.7. The molecule has 0 bridgehead atoms. The van der Waals surface area contributed by atoms with Gasteiger partial charge >= 0.3 is 0 Å². The second-order valence-electron chi connectivity index (χ2n) is 6.16. The number of carbonyl (C=O) groups is 1. The van der Waals surface area contributed by atoms with Crippen molar-refractivity contribution in [2.75, 3.05) is 10.6 Å². The molecule has 5 nitrogen and oxygen atoms in total. The van der Waals surface area contributed by atoms with Crippen LogP contribution in [0.1, 0.15) is 27.0 Å². The molecule has 3 rings (SSSR count). The van der Waals surface area contributed by atoms with Crippen LogP contribution in [0.4, 0.5) is 17.3 Å². The van der Waals surface area contributed by atoms with Crippen LogP contribution in [0.15, 0.2) is 48.8 Å². The van der Waals surface area contributed by atoms with Crippen LogP contribution in [0.2, 0.25) is 5.02 Å². The molecular formula is C20H19ClN4O.